The molecule has 1 amide bonds. The van der Waals surface area contributed by atoms with Gasteiger partial charge >= 0.3 is 0 Å². The average molecular weight is 266 g/mol. The molecule has 100 valence electrons. The van der Waals surface area contributed by atoms with Crippen molar-refractivity contribution in [3.05, 3.63) is 53.9 Å². The van der Waals surface area contributed by atoms with Gasteiger partial charge in [0.05, 0.1) is 22.4 Å². The lowest BCUT2D eigenvalue weighted by Crippen LogP contribution is -2.13. The largest absolute Gasteiger partial charge is 0.397 e. The number of amides is 1. The van der Waals surface area contributed by atoms with E-state index in [1.54, 1.807) is 18.3 Å². The quantitative estimate of drug-likeness (QED) is 0.623. The van der Waals surface area contributed by atoms with Gasteiger partial charge in [-0.05, 0) is 42.8 Å². The van der Waals surface area contributed by atoms with Gasteiger partial charge in [-0.15, -0.1) is 0 Å². The summed E-state index contributed by atoms with van der Waals surface area (Å²) in [5.74, 6) is -0.237. The number of carbonyl (C=O) groups excluding carboxylic acids is 1. The van der Waals surface area contributed by atoms with Crippen LogP contribution in [0.25, 0.3) is 11.0 Å². The monoisotopic (exact) mass is 266 g/mol. The van der Waals surface area contributed by atoms with E-state index in [1.807, 2.05) is 31.2 Å². The van der Waals surface area contributed by atoms with E-state index >= 15 is 0 Å². The standard InChI is InChI=1S/C15H14N4O/c1-9-4-5-11(10(16)7-9)19-15(20)14-8-13-12(18-14)3-2-6-17-13/h2-8,18H,16H2,1H3,(H,19,20). The molecule has 1 aromatic carbocycles. The van der Waals surface area contributed by atoms with E-state index in [9.17, 15) is 4.79 Å². The minimum Gasteiger partial charge on any atom is -0.397 e. The molecule has 0 saturated carbocycles. The highest BCUT2D eigenvalue weighted by Gasteiger charge is 2.11. The first kappa shape index (κ1) is 12.2. The predicted molar refractivity (Wildman–Crippen MR) is 79.6 cm³/mol. The van der Waals surface area contributed by atoms with Crippen LogP contribution < -0.4 is 11.1 Å². The number of nitrogens with zero attached hydrogens (tertiary/aromatic N) is 1. The van der Waals surface area contributed by atoms with Gasteiger partial charge in [0, 0.05) is 6.20 Å². The molecule has 0 aliphatic rings. The highest BCUT2D eigenvalue weighted by Crippen LogP contribution is 2.21. The van der Waals surface area contributed by atoms with Gasteiger partial charge < -0.3 is 16.0 Å². The molecule has 0 fully saturated rings. The first-order chi connectivity index (χ1) is 9.63. The Kier molecular flexibility index (Phi) is 2.87. The summed E-state index contributed by atoms with van der Waals surface area (Å²) in [5.41, 5.74) is 10.1. The van der Waals surface area contributed by atoms with E-state index in [0.717, 1.165) is 16.6 Å². The van der Waals surface area contributed by atoms with Gasteiger partial charge in [-0.2, -0.15) is 0 Å². The van der Waals surface area contributed by atoms with E-state index in [-0.39, 0.29) is 5.91 Å². The van der Waals surface area contributed by atoms with Crippen LogP contribution in [0, 0.1) is 6.92 Å². The van der Waals surface area contributed by atoms with Crippen molar-refractivity contribution in [1.82, 2.24) is 9.97 Å². The van der Waals surface area contributed by atoms with Gasteiger partial charge in [0.15, 0.2) is 0 Å². The summed E-state index contributed by atoms with van der Waals surface area (Å²) >= 11 is 0. The molecule has 5 nitrogen and oxygen atoms in total. The molecule has 0 unspecified atom stereocenters. The predicted octanol–water partition coefficient (Wildman–Crippen LogP) is 2.71. The number of nitrogens with one attached hydrogen (secondary N) is 2. The molecule has 20 heavy (non-hydrogen) atoms. The molecular weight excluding hydrogens is 252 g/mol. The number of pyridine rings is 1. The Morgan fingerprint density at radius 2 is 2.15 bits per heavy atom. The zero-order valence-electron chi connectivity index (χ0n) is 11.0. The lowest BCUT2D eigenvalue weighted by Gasteiger charge is -2.07. The maximum Gasteiger partial charge on any atom is 0.272 e. The highest BCUT2D eigenvalue weighted by atomic mass is 16.1. The van der Waals surface area contributed by atoms with Crippen molar-refractivity contribution in [1.29, 1.82) is 0 Å². The zero-order valence-corrected chi connectivity index (χ0v) is 11.0. The fourth-order valence-electron chi connectivity index (χ4n) is 2.06. The lowest BCUT2D eigenvalue weighted by atomic mass is 10.2. The third-order valence-electron chi connectivity index (χ3n) is 3.09. The Hall–Kier alpha value is -2.82. The zero-order chi connectivity index (χ0) is 14.1. The molecule has 0 aliphatic carbocycles. The van der Waals surface area contributed by atoms with Gasteiger partial charge in [0.2, 0.25) is 0 Å². The number of hydrogen-bond acceptors (Lipinski definition) is 3. The van der Waals surface area contributed by atoms with E-state index in [1.165, 1.54) is 0 Å². The highest BCUT2D eigenvalue weighted by molar-refractivity contribution is 6.06. The summed E-state index contributed by atoms with van der Waals surface area (Å²) in [6.07, 6.45) is 1.69. The SMILES string of the molecule is Cc1ccc(NC(=O)c2cc3ncccc3[nH]2)c(N)c1. The summed E-state index contributed by atoms with van der Waals surface area (Å²) in [4.78, 5) is 19.4. The van der Waals surface area contributed by atoms with E-state index in [2.05, 4.69) is 15.3 Å². The summed E-state index contributed by atoms with van der Waals surface area (Å²) in [5, 5.41) is 2.79. The number of nitrogen functional groups attached to an aromatic ring is 1. The fraction of sp³-hybridized carbons (Fsp3) is 0.0667. The Morgan fingerprint density at radius 3 is 2.90 bits per heavy atom. The van der Waals surface area contributed by atoms with Crippen LogP contribution in [0.5, 0.6) is 0 Å². The number of benzene rings is 1. The molecule has 4 N–H and O–H groups in total. The molecule has 5 heteroatoms. The molecule has 3 rings (SSSR count). The van der Waals surface area contributed by atoms with Gasteiger partial charge in [0.1, 0.15) is 5.69 Å². The second-order valence-corrected chi connectivity index (χ2v) is 4.66. The number of aryl methyl sites for hydroxylation is 1. The molecule has 0 bridgehead atoms. The van der Waals surface area contributed by atoms with Crippen molar-refractivity contribution >= 4 is 28.3 Å². The topological polar surface area (TPSA) is 83.8 Å². The number of nitrogens with two attached hydrogens (primary N) is 1. The molecule has 0 saturated heterocycles. The Morgan fingerprint density at radius 1 is 1.30 bits per heavy atom. The van der Waals surface area contributed by atoms with Crippen molar-refractivity contribution in [3.63, 3.8) is 0 Å². The molecule has 0 atom stereocenters. The van der Waals surface area contributed by atoms with Crippen LogP contribution in [0.4, 0.5) is 11.4 Å². The van der Waals surface area contributed by atoms with Crippen LogP contribution in [0.2, 0.25) is 0 Å². The maximum absolute atomic E-state index is 12.2. The number of hydrogen-bond donors (Lipinski definition) is 3. The Bertz CT molecular complexity index is 758. The van der Waals surface area contributed by atoms with Crippen LogP contribution >= 0.6 is 0 Å². The number of H-pyrrole nitrogens is 1. The van der Waals surface area contributed by atoms with Crippen molar-refractivity contribution in [3.8, 4) is 0 Å². The van der Waals surface area contributed by atoms with Crippen LogP contribution in [-0.4, -0.2) is 15.9 Å². The molecule has 0 radical (unpaired) electrons. The van der Waals surface area contributed by atoms with Crippen LogP contribution in [0.15, 0.2) is 42.6 Å². The molecular formula is C15H14N4O. The Balaban J connectivity index is 1.89. The number of fused-ring (bicyclic) bond motifs is 1. The van der Waals surface area contributed by atoms with E-state index in [0.29, 0.717) is 17.1 Å². The van der Waals surface area contributed by atoms with Gasteiger partial charge in [0.25, 0.3) is 5.91 Å². The number of aromatic amines is 1. The first-order valence-corrected chi connectivity index (χ1v) is 6.25. The van der Waals surface area contributed by atoms with Crippen LogP contribution in [0.1, 0.15) is 16.1 Å². The lowest BCUT2D eigenvalue weighted by molar-refractivity contribution is 0.102. The van der Waals surface area contributed by atoms with Gasteiger partial charge in [-0.25, -0.2) is 0 Å². The van der Waals surface area contributed by atoms with Gasteiger partial charge in [-0.1, -0.05) is 6.07 Å². The number of carbonyl (C=O) groups is 1. The smallest absolute Gasteiger partial charge is 0.272 e. The third-order valence-corrected chi connectivity index (χ3v) is 3.09. The van der Waals surface area contributed by atoms with Gasteiger partial charge in [-0.3, -0.25) is 9.78 Å². The van der Waals surface area contributed by atoms with E-state index < -0.39 is 0 Å². The summed E-state index contributed by atoms with van der Waals surface area (Å²) < 4.78 is 0. The number of anilines is 2. The van der Waals surface area contributed by atoms with Crippen molar-refractivity contribution < 1.29 is 4.79 Å². The number of aromatic nitrogens is 2. The summed E-state index contributed by atoms with van der Waals surface area (Å²) in [6, 6.07) is 10.9. The van der Waals surface area contributed by atoms with Crippen molar-refractivity contribution in [2.24, 2.45) is 0 Å². The minimum atomic E-state index is -0.237. The first-order valence-electron chi connectivity index (χ1n) is 6.25. The van der Waals surface area contributed by atoms with Crippen molar-refractivity contribution in [2.45, 2.75) is 6.92 Å². The second kappa shape index (κ2) is 4.70. The van der Waals surface area contributed by atoms with E-state index in [4.69, 9.17) is 5.73 Å². The van der Waals surface area contributed by atoms with Crippen molar-refractivity contribution in [2.75, 3.05) is 11.1 Å². The normalized spacial score (nSPS) is 10.7. The molecule has 2 aromatic heterocycles. The summed E-state index contributed by atoms with van der Waals surface area (Å²) in [6.45, 7) is 1.95. The second-order valence-electron chi connectivity index (χ2n) is 4.66. The molecule has 3 aromatic rings. The summed E-state index contributed by atoms with van der Waals surface area (Å²) in [7, 11) is 0. The van der Waals surface area contributed by atoms with Crippen LogP contribution in [0.3, 0.4) is 0 Å². The molecule has 2 heterocycles. The van der Waals surface area contributed by atoms with Crippen LogP contribution in [-0.2, 0) is 0 Å². The average Bonchev–Trinajstić information content (AvgIpc) is 2.86. The fourth-order valence-corrected chi connectivity index (χ4v) is 2.06. The molecule has 0 spiro atoms. The minimum absolute atomic E-state index is 0.237. The maximum atomic E-state index is 12.2. The third kappa shape index (κ3) is 2.21. The molecule has 0 aliphatic heterocycles. The number of rotatable bonds is 2. The Labute approximate surface area is 115 Å².